The summed E-state index contributed by atoms with van der Waals surface area (Å²) >= 11 is 1.79. The average Bonchev–Trinajstić information content (AvgIpc) is 3.92. The summed E-state index contributed by atoms with van der Waals surface area (Å²) in [5.74, 6) is 1.91. The minimum atomic E-state index is 0.621. The molecule has 0 N–H and O–H groups in total. The number of nitrogens with zero attached hydrogens (tertiary/aromatic N) is 3. The summed E-state index contributed by atoms with van der Waals surface area (Å²) < 4.78 is 9.01. The first kappa shape index (κ1) is 34.8. The van der Waals surface area contributed by atoms with Crippen LogP contribution in [0.25, 0.3) is 131 Å². The molecular formula is C57H33N3OS. The van der Waals surface area contributed by atoms with Gasteiger partial charge >= 0.3 is 0 Å². The lowest BCUT2D eigenvalue weighted by Gasteiger charge is -2.12. The fourth-order valence-corrected chi connectivity index (χ4v) is 10.6. The lowest BCUT2D eigenvalue weighted by atomic mass is 9.92. The fourth-order valence-electron chi connectivity index (χ4n) is 9.47. The Morgan fingerprint density at radius 3 is 1.85 bits per heavy atom. The Kier molecular flexibility index (Phi) is 7.74. The second kappa shape index (κ2) is 13.8. The molecular weight excluding hydrogens is 775 g/mol. The number of aromatic nitrogens is 3. The summed E-state index contributed by atoms with van der Waals surface area (Å²) in [7, 11) is 0. The maximum atomic E-state index is 6.56. The molecule has 0 amide bonds. The molecule has 3 aromatic heterocycles. The van der Waals surface area contributed by atoms with Crippen LogP contribution in [0.1, 0.15) is 0 Å². The zero-order valence-corrected chi connectivity index (χ0v) is 34.0. The van der Waals surface area contributed by atoms with E-state index in [1.54, 1.807) is 11.3 Å². The summed E-state index contributed by atoms with van der Waals surface area (Å²) in [5.41, 5.74) is 9.03. The number of benzene rings is 10. The number of hydrogen-bond donors (Lipinski definition) is 0. The number of fused-ring (bicyclic) bond motifs is 11. The van der Waals surface area contributed by atoms with Crippen molar-refractivity contribution < 1.29 is 4.42 Å². The monoisotopic (exact) mass is 807 g/mol. The van der Waals surface area contributed by atoms with E-state index in [1.807, 2.05) is 18.2 Å². The fraction of sp³-hybridized carbons (Fsp3) is 0. The van der Waals surface area contributed by atoms with Crippen molar-refractivity contribution in [3.8, 4) is 56.4 Å². The van der Waals surface area contributed by atoms with Gasteiger partial charge in [-0.05, 0) is 91.0 Å². The van der Waals surface area contributed by atoms with Gasteiger partial charge in [0.05, 0.1) is 0 Å². The smallest absolute Gasteiger partial charge is 0.164 e. The van der Waals surface area contributed by atoms with Crippen LogP contribution in [0.15, 0.2) is 205 Å². The normalized spacial score (nSPS) is 11.9. The quantitative estimate of drug-likeness (QED) is 0.163. The zero-order chi connectivity index (χ0) is 40.7. The first-order chi connectivity index (χ1) is 30.7. The minimum Gasteiger partial charge on any atom is -0.456 e. The van der Waals surface area contributed by atoms with Gasteiger partial charge in [-0.3, -0.25) is 0 Å². The molecule has 13 rings (SSSR count). The molecule has 0 bridgehead atoms. The van der Waals surface area contributed by atoms with Crippen molar-refractivity contribution in [2.75, 3.05) is 0 Å². The molecule has 0 aliphatic heterocycles. The van der Waals surface area contributed by atoms with E-state index in [0.29, 0.717) is 17.5 Å². The molecule has 0 saturated carbocycles. The Bertz CT molecular complexity index is 3940. The van der Waals surface area contributed by atoms with Crippen molar-refractivity contribution in [1.29, 1.82) is 0 Å². The van der Waals surface area contributed by atoms with Crippen molar-refractivity contribution in [1.82, 2.24) is 15.0 Å². The van der Waals surface area contributed by atoms with Gasteiger partial charge in [0.25, 0.3) is 0 Å². The van der Waals surface area contributed by atoms with Gasteiger partial charge in [-0.2, -0.15) is 0 Å². The number of rotatable bonds is 5. The minimum absolute atomic E-state index is 0.621. The van der Waals surface area contributed by atoms with Crippen molar-refractivity contribution in [2.45, 2.75) is 0 Å². The zero-order valence-electron chi connectivity index (χ0n) is 33.2. The van der Waals surface area contributed by atoms with Gasteiger partial charge in [-0.15, -0.1) is 11.3 Å². The molecule has 10 aromatic carbocycles. The van der Waals surface area contributed by atoms with Crippen LogP contribution in [0.2, 0.25) is 0 Å². The summed E-state index contributed by atoms with van der Waals surface area (Å²) in [5, 5.41) is 12.1. The van der Waals surface area contributed by atoms with E-state index in [4.69, 9.17) is 19.4 Å². The van der Waals surface area contributed by atoms with E-state index >= 15 is 0 Å². The second-order valence-corrected chi connectivity index (χ2v) is 17.0. The van der Waals surface area contributed by atoms with Gasteiger partial charge in [0.2, 0.25) is 0 Å². The van der Waals surface area contributed by atoms with E-state index < -0.39 is 0 Å². The van der Waals surface area contributed by atoms with Crippen molar-refractivity contribution in [3.05, 3.63) is 200 Å². The van der Waals surface area contributed by atoms with Gasteiger partial charge in [0, 0.05) is 47.6 Å². The van der Waals surface area contributed by atoms with Crippen LogP contribution in [-0.4, -0.2) is 15.0 Å². The molecule has 0 aliphatic carbocycles. The molecule has 5 heteroatoms. The molecule has 62 heavy (non-hydrogen) atoms. The topological polar surface area (TPSA) is 51.8 Å². The molecule has 0 saturated heterocycles. The Labute approximate surface area is 360 Å². The first-order valence-electron chi connectivity index (χ1n) is 20.8. The van der Waals surface area contributed by atoms with Gasteiger partial charge < -0.3 is 4.42 Å². The maximum absolute atomic E-state index is 6.56. The van der Waals surface area contributed by atoms with E-state index in [2.05, 4.69) is 182 Å². The van der Waals surface area contributed by atoms with E-state index in [9.17, 15) is 0 Å². The summed E-state index contributed by atoms with van der Waals surface area (Å²) in [4.78, 5) is 15.5. The Morgan fingerprint density at radius 2 is 0.919 bits per heavy atom. The SMILES string of the molecule is c1ccc(-c2nc(-c3cccc(-c4cccc5oc6ccc(-c7cccc8c7ccc7c9ccccc9ccc87)cc6c45)c3)nc(-c3cccc4sc5ccccc5c34)n2)cc1. The number of thiophene rings is 1. The van der Waals surface area contributed by atoms with Gasteiger partial charge in [-0.1, -0.05) is 164 Å². The van der Waals surface area contributed by atoms with E-state index in [0.717, 1.165) is 55.3 Å². The molecule has 13 aromatic rings. The molecule has 0 unspecified atom stereocenters. The summed E-state index contributed by atoms with van der Waals surface area (Å²) in [6.07, 6.45) is 0. The van der Waals surface area contributed by atoms with Crippen LogP contribution in [0, 0.1) is 0 Å². The average molecular weight is 808 g/mol. The van der Waals surface area contributed by atoms with Crippen LogP contribution in [0.3, 0.4) is 0 Å². The highest BCUT2D eigenvalue weighted by molar-refractivity contribution is 7.25. The molecule has 4 nitrogen and oxygen atoms in total. The number of furan rings is 1. The summed E-state index contributed by atoms with van der Waals surface area (Å²) in [6, 6.07) is 71.0. The highest BCUT2D eigenvalue weighted by Gasteiger charge is 2.19. The van der Waals surface area contributed by atoms with Crippen LogP contribution < -0.4 is 0 Å². The predicted molar refractivity (Wildman–Crippen MR) is 260 cm³/mol. The maximum Gasteiger partial charge on any atom is 0.164 e. The molecule has 0 atom stereocenters. The van der Waals surface area contributed by atoms with Gasteiger partial charge in [0.1, 0.15) is 11.2 Å². The van der Waals surface area contributed by atoms with Crippen LogP contribution in [0.5, 0.6) is 0 Å². The molecule has 3 heterocycles. The highest BCUT2D eigenvalue weighted by atomic mass is 32.1. The van der Waals surface area contributed by atoms with E-state index in [-0.39, 0.29) is 0 Å². The second-order valence-electron chi connectivity index (χ2n) is 15.9. The van der Waals surface area contributed by atoms with Crippen molar-refractivity contribution in [3.63, 3.8) is 0 Å². The van der Waals surface area contributed by atoms with Crippen LogP contribution in [-0.2, 0) is 0 Å². The Balaban J connectivity index is 0.962. The van der Waals surface area contributed by atoms with Crippen molar-refractivity contribution >= 4 is 85.8 Å². The lowest BCUT2D eigenvalue weighted by molar-refractivity contribution is 0.669. The Morgan fingerprint density at radius 1 is 0.306 bits per heavy atom. The third kappa shape index (κ3) is 5.49. The Hall–Kier alpha value is -7.99. The van der Waals surface area contributed by atoms with Gasteiger partial charge in [-0.25, -0.2) is 15.0 Å². The highest BCUT2D eigenvalue weighted by Crippen LogP contribution is 2.43. The predicted octanol–water partition coefficient (Wildman–Crippen LogP) is 15.9. The third-order valence-electron chi connectivity index (χ3n) is 12.3. The largest absolute Gasteiger partial charge is 0.456 e. The third-order valence-corrected chi connectivity index (χ3v) is 13.5. The lowest BCUT2D eigenvalue weighted by Crippen LogP contribution is -2.00. The molecule has 0 fully saturated rings. The molecule has 288 valence electrons. The van der Waals surface area contributed by atoms with Crippen LogP contribution in [0.4, 0.5) is 0 Å². The van der Waals surface area contributed by atoms with Gasteiger partial charge in [0.15, 0.2) is 17.5 Å². The molecule has 0 aliphatic rings. The van der Waals surface area contributed by atoms with E-state index in [1.165, 1.54) is 58.1 Å². The first-order valence-corrected chi connectivity index (χ1v) is 21.7. The van der Waals surface area contributed by atoms with Crippen LogP contribution >= 0.6 is 11.3 Å². The number of hydrogen-bond acceptors (Lipinski definition) is 5. The standard InChI is InChI=1S/C57H33N3OS/c1-2-13-35(14-3-1)55-58-56(60-57(59-55)47-22-11-25-52-54(47)46-18-6-7-24-51(46)62-52)38-16-8-15-36(32-38)41-20-10-23-50-53(41)48-33-37(27-31-49(48)61-50)40-19-9-21-42-44(40)30-29-43-39-17-5-4-12-34(39)26-28-45(42)43/h1-33H. The molecule has 0 radical (unpaired) electrons. The summed E-state index contributed by atoms with van der Waals surface area (Å²) in [6.45, 7) is 0. The molecule has 0 spiro atoms. The van der Waals surface area contributed by atoms with Crippen molar-refractivity contribution in [2.24, 2.45) is 0 Å².